The van der Waals surface area contributed by atoms with Crippen LogP contribution in [0.1, 0.15) is 63.3 Å². The molecule has 50 heavy (non-hydrogen) atoms. The van der Waals surface area contributed by atoms with Crippen molar-refractivity contribution in [2.75, 3.05) is 11.4 Å². The zero-order valence-electron chi connectivity index (χ0n) is 28.8. The van der Waals surface area contributed by atoms with Crippen LogP contribution in [-0.4, -0.2) is 52.4 Å². The standard InChI is InChI=1S/C39H43N5O5S/c1-27-22-31(41-36(29-16-10-6-11-17-29)30-18-12-7-13-19-30)23-32(27)34(45)25-43(38(46)49-39(2,3)4)35-24-40-37-33(42-35)20-21-44(37)50(47,48)26-28-14-8-5-9-15-28/h5-21,24,27,31-32,36,41H,22-23,25-26H2,1-4H3. The van der Waals surface area contributed by atoms with E-state index in [0.717, 1.165) is 21.5 Å². The SMILES string of the molecule is CC1CC(NC(c2ccccc2)c2ccccc2)CC1C(=O)CN(C(=O)OC(C)(C)C)c1cnc2c(ccn2S(=O)(=O)Cc2ccccc2)n1. The van der Waals surface area contributed by atoms with E-state index in [-0.39, 0.29) is 59.0 Å². The Hall–Kier alpha value is -4.87. The highest BCUT2D eigenvalue weighted by molar-refractivity contribution is 7.89. The quantitative estimate of drug-likeness (QED) is 0.158. The van der Waals surface area contributed by atoms with Crippen molar-refractivity contribution in [2.24, 2.45) is 11.8 Å². The van der Waals surface area contributed by atoms with Crippen molar-refractivity contribution >= 4 is 38.9 Å². The summed E-state index contributed by atoms with van der Waals surface area (Å²) >= 11 is 0. The van der Waals surface area contributed by atoms with Crippen molar-refractivity contribution in [3.8, 4) is 0 Å². The number of hydrogen-bond acceptors (Lipinski definition) is 8. The van der Waals surface area contributed by atoms with Crippen LogP contribution in [0.25, 0.3) is 11.2 Å². The van der Waals surface area contributed by atoms with Gasteiger partial charge >= 0.3 is 6.09 Å². The predicted molar refractivity (Wildman–Crippen MR) is 194 cm³/mol. The molecule has 1 amide bonds. The highest BCUT2D eigenvalue weighted by Gasteiger charge is 2.39. The van der Waals surface area contributed by atoms with Gasteiger partial charge in [-0.3, -0.25) is 9.69 Å². The lowest BCUT2D eigenvalue weighted by molar-refractivity contribution is -0.122. The lowest BCUT2D eigenvalue weighted by atomic mass is 9.93. The van der Waals surface area contributed by atoms with Gasteiger partial charge in [-0.1, -0.05) is 97.9 Å². The summed E-state index contributed by atoms with van der Waals surface area (Å²) in [5.41, 5.74) is 2.50. The number of anilines is 1. The Kier molecular flexibility index (Phi) is 10.2. The average Bonchev–Trinajstić information content (AvgIpc) is 3.69. The molecule has 2 aromatic heterocycles. The van der Waals surface area contributed by atoms with E-state index in [1.54, 1.807) is 45.0 Å². The molecule has 1 saturated carbocycles. The minimum absolute atomic E-state index is 0.0347. The molecule has 3 unspecified atom stereocenters. The Balaban J connectivity index is 1.22. The molecule has 0 radical (unpaired) electrons. The molecule has 3 atom stereocenters. The summed E-state index contributed by atoms with van der Waals surface area (Å²) in [7, 11) is -3.81. The third-order valence-electron chi connectivity index (χ3n) is 9.00. The number of fused-ring (bicyclic) bond motifs is 1. The molecule has 6 rings (SSSR count). The van der Waals surface area contributed by atoms with Gasteiger partial charge in [0.15, 0.2) is 17.2 Å². The fourth-order valence-corrected chi connectivity index (χ4v) is 8.06. The van der Waals surface area contributed by atoms with Crippen LogP contribution in [0, 0.1) is 11.8 Å². The largest absolute Gasteiger partial charge is 0.443 e. The molecule has 0 aliphatic heterocycles. The van der Waals surface area contributed by atoms with Gasteiger partial charge in [0.2, 0.25) is 10.0 Å². The Morgan fingerprint density at radius 2 is 1.52 bits per heavy atom. The van der Waals surface area contributed by atoms with Gasteiger partial charge in [0, 0.05) is 18.2 Å². The molecule has 3 aromatic carbocycles. The predicted octanol–water partition coefficient (Wildman–Crippen LogP) is 6.91. The molecular formula is C39H43N5O5S. The van der Waals surface area contributed by atoms with Crippen molar-refractivity contribution in [3.05, 3.63) is 126 Å². The van der Waals surface area contributed by atoms with Gasteiger partial charge in [-0.05, 0) is 62.3 Å². The first-order valence-electron chi connectivity index (χ1n) is 16.9. The Bertz CT molecular complexity index is 2010. The molecule has 1 aliphatic rings. The van der Waals surface area contributed by atoms with E-state index in [1.807, 2.05) is 42.5 Å². The first-order chi connectivity index (χ1) is 23.9. The van der Waals surface area contributed by atoms with Crippen LogP contribution in [0.15, 0.2) is 109 Å². The second-order valence-corrected chi connectivity index (χ2v) is 15.8. The van der Waals surface area contributed by atoms with Crippen LogP contribution < -0.4 is 10.2 Å². The summed E-state index contributed by atoms with van der Waals surface area (Å²) in [5.74, 6) is -0.442. The first-order valence-corrected chi connectivity index (χ1v) is 18.5. The Morgan fingerprint density at radius 1 is 0.920 bits per heavy atom. The number of amides is 1. The van der Waals surface area contributed by atoms with Crippen LogP contribution >= 0.6 is 0 Å². The number of nitrogens with one attached hydrogen (secondary N) is 1. The Labute approximate surface area is 293 Å². The topological polar surface area (TPSA) is 123 Å². The Morgan fingerprint density at radius 3 is 2.12 bits per heavy atom. The zero-order valence-corrected chi connectivity index (χ0v) is 29.6. The molecule has 10 nitrogen and oxygen atoms in total. The molecule has 260 valence electrons. The summed E-state index contributed by atoms with van der Waals surface area (Å²) in [5, 5.41) is 3.82. The molecule has 11 heteroatoms. The molecule has 5 aromatic rings. The summed E-state index contributed by atoms with van der Waals surface area (Å²) in [6.45, 7) is 7.07. The van der Waals surface area contributed by atoms with Gasteiger partial charge in [-0.15, -0.1) is 0 Å². The second kappa shape index (κ2) is 14.5. The second-order valence-electron chi connectivity index (χ2n) is 14.0. The van der Waals surface area contributed by atoms with Gasteiger partial charge in [0.1, 0.15) is 11.1 Å². The maximum Gasteiger partial charge on any atom is 0.416 e. The van der Waals surface area contributed by atoms with Crippen LogP contribution in [0.3, 0.4) is 0 Å². The van der Waals surface area contributed by atoms with E-state index < -0.39 is 21.7 Å². The van der Waals surface area contributed by atoms with E-state index in [9.17, 15) is 18.0 Å². The average molecular weight is 694 g/mol. The van der Waals surface area contributed by atoms with E-state index >= 15 is 0 Å². The monoisotopic (exact) mass is 693 g/mol. The molecule has 0 bridgehead atoms. The van der Waals surface area contributed by atoms with Gasteiger partial charge in [0.05, 0.1) is 24.5 Å². The number of carbonyl (C=O) groups excluding carboxylic acids is 2. The lowest BCUT2D eigenvalue weighted by Gasteiger charge is -2.27. The fraction of sp³-hybridized carbons (Fsp3) is 0.333. The van der Waals surface area contributed by atoms with Crippen LogP contribution in [0.4, 0.5) is 10.6 Å². The number of rotatable bonds is 11. The third kappa shape index (κ3) is 8.11. The fourth-order valence-electron chi connectivity index (χ4n) is 6.66. The normalized spacial score (nSPS) is 18.0. The molecule has 1 fully saturated rings. The summed E-state index contributed by atoms with van der Waals surface area (Å²) in [6.07, 6.45) is 3.41. The summed E-state index contributed by atoms with van der Waals surface area (Å²) in [6, 6.07) is 31.0. The number of ether oxygens (including phenoxy) is 1. The molecule has 0 saturated heterocycles. The number of aromatic nitrogens is 3. The number of nitrogens with zero attached hydrogens (tertiary/aromatic N) is 4. The van der Waals surface area contributed by atoms with Crippen molar-refractivity contribution in [3.63, 3.8) is 0 Å². The number of Topliss-reactive ketones (excluding diaryl/α,β-unsaturated/α-hetero) is 1. The van der Waals surface area contributed by atoms with Gasteiger partial charge in [0.25, 0.3) is 0 Å². The first kappa shape index (κ1) is 35.0. The van der Waals surface area contributed by atoms with Gasteiger partial charge in [-0.25, -0.2) is 27.2 Å². The number of benzene rings is 3. The van der Waals surface area contributed by atoms with Crippen molar-refractivity contribution in [1.29, 1.82) is 0 Å². The maximum atomic E-state index is 14.0. The third-order valence-corrected chi connectivity index (χ3v) is 10.6. The highest BCUT2D eigenvalue weighted by atomic mass is 32.2. The highest BCUT2D eigenvalue weighted by Crippen LogP contribution is 2.35. The number of ketones is 1. The number of hydrogen-bond donors (Lipinski definition) is 1. The van der Waals surface area contributed by atoms with E-state index in [1.165, 1.54) is 23.4 Å². The molecule has 0 spiro atoms. The van der Waals surface area contributed by atoms with Crippen LogP contribution in [0.2, 0.25) is 0 Å². The van der Waals surface area contributed by atoms with Crippen LogP contribution in [0.5, 0.6) is 0 Å². The minimum Gasteiger partial charge on any atom is -0.443 e. The van der Waals surface area contributed by atoms with Crippen molar-refractivity contribution in [1.82, 2.24) is 19.3 Å². The number of carbonyl (C=O) groups is 2. The van der Waals surface area contributed by atoms with E-state index in [4.69, 9.17) is 4.74 Å². The lowest BCUT2D eigenvalue weighted by Crippen LogP contribution is -2.42. The van der Waals surface area contributed by atoms with Crippen molar-refractivity contribution < 1.29 is 22.7 Å². The van der Waals surface area contributed by atoms with E-state index in [2.05, 4.69) is 46.5 Å². The van der Waals surface area contributed by atoms with Gasteiger partial charge < -0.3 is 10.1 Å². The molecule has 1 N–H and O–H groups in total. The summed E-state index contributed by atoms with van der Waals surface area (Å²) in [4.78, 5) is 37.9. The molecule has 1 aliphatic carbocycles. The van der Waals surface area contributed by atoms with Gasteiger partial charge in [-0.2, -0.15) is 0 Å². The van der Waals surface area contributed by atoms with E-state index in [0.29, 0.717) is 12.0 Å². The molecular weight excluding hydrogens is 651 g/mol. The summed E-state index contributed by atoms with van der Waals surface area (Å²) < 4.78 is 33.4. The maximum absolute atomic E-state index is 14.0. The minimum atomic E-state index is -3.81. The zero-order chi connectivity index (χ0) is 35.5. The van der Waals surface area contributed by atoms with Crippen LogP contribution in [-0.2, 0) is 25.3 Å². The smallest absolute Gasteiger partial charge is 0.416 e. The van der Waals surface area contributed by atoms with Crippen molar-refractivity contribution in [2.45, 2.75) is 64.0 Å². The molecule has 2 heterocycles.